The molecule has 0 saturated heterocycles. The molecule has 1 aliphatic rings. The van der Waals surface area contributed by atoms with Crippen LogP contribution in [0.3, 0.4) is 0 Å². The Balaban J connectivity index is 2.08. The van der Waals surface area contributed by atoms with E-state index in [0.29, 0.717) is 23.4 Å². The number of halogens is 2. The lowest BCUT2D eigenvalue weighted by Crippen LogP contribution is -2.35. The minimum Gasteiger partial charge on any atom is -0.497 e. The second kappa shape index (κ2) is 6.95. The minimum atomic E-state index is -0.329. The molecule has 0 aromatic heterocycles. The van der Waals surface area contributed by atoms with Crippen LogP contribution in [0.15, 0.2) is 66.7 Å². The highest BCUT2D eigenvalue weighted by Gasteiger charge is 2.36. The van der Waals surface area contributed by atoms with Crippen LogP contribution >= 0.6 is 0 Å². The zero-order valence-corrected chi connectivity index (χ0v) is 15.2. The SMILES string of the molecule is COc1ccc2c(c1)CC(C)[N+](c1ccccc1F)=C2c1ccccc1F. The van der Waals surface area contributed by atoms with Crippen LogP contribution in [-0.2, 0) is 6.42 Å². The third-order valence-corrected chi connectivity index (χ3v) is 5.01. The van der Waals surface area contributed by atoms with Crippen molar-refractivity contribution >= 4 is 11.4 Å². The predicted molar refractivity (Wildman–Crippen MR) is 102 cm³/mol. The number of para-hydroxylation sites is 1. The topological polar surface area (TPSA) is 12.2 Å². The van der Waals surface area contributed by atoms with Gasteiger partial charge in [-0.1, -0.05) is 24.3 Å². The summed E-state index contributed by atoms with van der Waals surface area (Å²) in [5, 5.41) is 0. The number of hydrogen-bond acceptors (Lipinski definition) is 1. The molecule has 0 aliphatic carbocycles. The average molecular weight is 364 g/mol. The zero-order valence-electron chi connectivity index (χ0n) is 15.2. The maximum Gasteiger partial charge on any atom is 0.242 e. The zero-order chi connectivity index (χ0) is 19.0. The Bertz CT molecular complexity index is 1040. The first kappa shape index (κ1) is 17.4. The van der Waals surface area contributed by atoms with Crippen molar-refractivity contribution in [3.8, 4) is 5.75 Å². The summed E-state index contributed by atoms with van der Waals surface area (Å²) in [7, 11) is 1.63. The van der Waals surface area contributed by atoms with Gasteiger partial charge in [-0.25, -0.2) is 4.39 Å². The van der Waals surface area contributed by atoms with E-state index >= 15 is 0 Å². The Morgan fingerprint density at radius 1 is 0.889 bits per heavy atom. The molecule has 4 heteroatoms. The van der Waals surface area contributed by atoms with E-state index in [4.69, 9.17) is 4.74 Å². The first-order chi connectivity index (χ1) is 13.1. The van der Waals surface area contributed by atoms with Gasteiger partial charge < -0.3 is 4.74 Å². The van der Waals surface area contributed by atoms with Gasteiger partial charge in [-0.3, -0.25) is 0 Å². The Labute approximate surface area is 157 Å². The monoisotopic (exact) mass is 364 g/mol. The van der Waals surface area contributed by atoms with Gasteiger partial charge in [-0.2, -0.15) is 8.97 Å². The van der Waals surface area contributed by atoms with E-state index in [-0.39, 0.29) is 17.7 Å². The lowest BCUT2D eigenvalue weighted by molar-refractivity contribution is -0.483. The highest BCUT2D eigenvalue weighted by Crippen LogP contribution is 2.32. The largest absolute Gasteiger partial charge is 0.497 e. The summed E-state index contributed by atoms with van der Waals surface area (Å²) >= 11 is 0. The molecule has 0 amide bonds. The van der Waals surface area contributed by atoms with E-state index in [1.54, 1.807) is 43.5 Å². The predicted octanol–water partition coefficient (Wildman–Crippen LogP) is 5.10. The van der Waals surface area contributed by atoms with Gasteiger partial charge in [-0.05, 0) is 48.9 Å². The molecule has 1 aliphatic heterocycles. The summed E-state index contributed by atoms with van der Waals surface area (Å²) in [6.07, 6.45) is 0.707. The third-order valence-electron chi connectivity index (χ3n) is 5.01. The van der Waals surface area contributed by atoms with E-state index in [1.165, 1.54) is 12.1 Å². The van der Waals surface area contributed by atoms with E-state index < -0.39 is 0 Å². The first-order valence-electron chi connectivity index (χ1n) is 8.93. The van der Waals surface area contributed by atoms with Gasteiger partial charge >= 0.3 is 0 Å². The van der Waals surface area contributed by atoms with Crippen molar-refractivity contribution < 1.29 is 18.1 Å². The minimum absolute atomic E-state index is 0.0453. The smallest absolute Gasteiger partial charge is 0.242 e. The van der Waals surface area contributed by atoms with Crippen LogP contribution in [0, 0.1) is 11.6 Å². The van der Waals surface area contributed by atoms with Crippen molar-refractivity contribution in [2.24, 2.45) is 0 Å². The van der Waals surface area contributed by atoms with Gasteiger partial charge in [0.25, 0.3) is 0 Å². The summed E-state index contributed by atoms with van der Waals surface area (Å²) in [4.78, 5) is 0. The fraction of sp³-hybridized carbons (Fsp3) is 0.174. The van der Waals surface area contributed by atoms with E-state index in [2.05, 4.69) is 0 Å². The highest BCUT2D eigenvalue weighted by atomic mass is 19.1. The molecule has 0 fully saturated rings. The second-order valence-electron chi connectivity index (χ2n) is 6.73. The molecule has 0 bridgehead atoms. The molecular formula is C23H20F2NO+. The van der Waals surface area contributed by atoms with Crippen LogP contribution in [0.1, 0.15) is 23.6 Å². The molecule has 2 nitrogen and oxygen atoms in total. The normalized spacial score (nSPS) is 16.2. The van der Waals surface area contributed by atoms with Crippen molar-refractivity contribution in [3.05, 3.63) is 95.1 Å². The molecule has 4 rings (SSSR count). The van der Waals surface area contributed by atoms with Gasteiger partial charge in [0.2, 0.25) is 11.4 Å². The van der Waals surface area contributed by atoms with Crippen LogP contribution in [0.5, 0.6) is 5.75 Å². The van der Waals surface area contributed by atoms with Crippen molar-refractivity contribution in [1.82, 2.24) is 0 Å². The van der Waals surface area contributed by atoms with Crippen LogP contribution in [0.25, 0.3) is 0 Å². The van der Waals surface area contributed by atoms with Crippen LogP contribution < -0.4 is 4.74 Å². The molecule has 1 unspecified atom stereocenters. The standard InChI is InChI=1S/C23H20F2NO/c1-15-13-16-14-17(27-2)11-12-18(16)23(19-7-3-4-8-20(19)24)26(15)22-10-6-5-9-21(22)25/h3-12,14-15H,13H2,1-2H3/q+1. The maximum absolute atomic E-state index is 14.8. The summed E-state index contributed by atoms with van der Waals surface area (Å²) in [5.41, 5.74) is 3.54. The number of rotatable bonds is 3. The molecule has 0 N–H and O–H groups in total. The Morgan fingerprint density at radius 3 is 2.30 bits per heavy atom. The van der Waals surface area contributed by atoms with Gasteiger partial charge in [0.1, 0.15) is 11.6 Å². The van der Waals surface area contributed by atoms with E-state index in [1.807, 2.05) is 29.7 Å². The molecule has 3 aromatic rings. The number of hydrogen-bond donors (Lipinski definition) is 0. The van der Waals surface area contributed by atoms with E-state index in [0.717, 1.165) is 16.9 Å². The lowest BCUT2D eigenvalue weighted by atomic mass is 9.88. The Kier molecular flexibility index (Phi) is 4.48. The molecule has 0 radical (unpaired) electrons. The summed E-state index contributed by atoms with van der Waals surface area (Å²) in [6, 6.07) is 19.0. The van der Waals surface area contributed by atoms with Gasteiger partial charge in [0.05, 0.1) is 18.2 Å². The second-order valence-corrected chi connectivity index (χ2v) is 6.73. The third kappa shape index (κ3) is 3.01. The molecule has 3 aromatic carbocycles. The maximum atomic E-state index is 14.8. The number of methoxy groups -OCH3 is 1. The highest BCUT2D eigenvalue weighted by molar-refractivity contribution is 6.11. The number of ether oxygens (including phenoxy) is 1. The molecule has 27 heavy (non-hydrogen) atoms. The quantitative estimate of drug-likeness (QED) is 0.589. The molecule has 0 saturated carbocycles. The number of nitrogens with zero attached hydrogens (tertiary/aromatic N) is 1. The summed E-state index contributed by atoms with van der Waals surface area (Å²) in [6.45, 7) is 2.02. The number of benzene rings is 3. The Morgan fingerprint density at radius 2 is 1.59 bits per heavy atom. The van der Waals surface area contributed by atoms with E-state index in [9.17, 15) is 8.78 Å². The summed E-state index contributed by atoms with van der Waals surface area (Å²) in [5.74, 6) is 0.105. The van der Waals surface area contributed by atoms with Crippen molar-refractivity contribution in [2.75, 3.05) is 7.11 Å². The van der Waals surface area contributed by atoms with Gasteiger partial charge in [0, 0.05) is 12.5 Å². The molecule has 1 atom stereocenters. The van der Waals surface area contributed by atoms with Gasteiger partial charge in [-0.15, -0.1) is 0 Å². The molecule has 136 valence electrons. The summed E-state index contributed by atoms with van der Waals surface area (Å²) < 4.78 is 36.7. The van der Waals surface area contributed by atoms with Gasteiger partial charge in [0.15, 0.2) is 11.9 Å². The lowest BCUT2D eigenvalue weighted by Gasteiger charge is -2.24. The fourth-order valence-electron chi connectivity index (χ4n) is 3.79. The molecule has 1 heterocycles. The first-order valence-corrected chi connectivity index (χ1v) is 8.93. The van der Waals surface area contributed by atoms with Crippen LogP contribution in [0.2, 0.25) is 0 Å². The average Bonchev–Trinajstić information content (AvgIpc) is 2.68. The molecule has 0 spiro atoms. The fourth-order valence-corrected chi connectivity index (χ4v) is 3.79. The number of fused-ring (bicyclic) bond motifs is 1. The van der Waals surface area contributed by atoms with Crippen LogP contribution in [0.4, 0.5) is 14.5 Å². The van der Waals surface area contributed by atoms with Crippen LogP contribution in [-0.4, -0.2) is 23.4 Å². The Hall–Kier alpha value is -3.01. The molecular weight excluding hydrogens is 344 g/mol. The van der Waals surface area contributed by atoms with Crippen molar-refractivity contribution in [2.45, 2.75) is 19.4 Å². The van der Waals surface area contributed by atoms with Crippen molar-refractivity contribution in [1.29, 1.82) is 0 Å². The van der Waals surface area contributed by atoms with Crippen molar-refractivity contribution in [3.63, 3.8) is 0 Å².